The molecule has 114 valence electrons. The van der Waals surface area contributed by atoms with Gasteiger partial charge >= 0.3 is 0 Å². The lowest BCUT2D eigenvalue weighted by Crippen LogP contribution is -1.99. The van der Waals surface area contributed by atoms with Crippen molar-refractivity contribution < 1.29 is 0 Å². The number of H-pyrrole nitrogens is 1. The van der Waals surface area contributed by atoms with Crippen molar-refractivity contribution in [2.75, 3.05) is 0 Å². The van der Waals surface area contributed by atoms with Gasteiger partial charge in [-0.3, -0.25) is 0 Å². The summed E-state index contributed by atoms with van der Waals surface area (Å²) in [4.78, 5) is 15.2. The Morgan fingerprint density at radius 2 is 2.04 bits per heavy atom. The Morgan fingerprint density at radius 3 is 3.00 bits per heavy atom. The fourth-order valence-corrected chi connectivity index (χ4v) is 5.17. The molecule has 0 bridgehead atoms. The summed E-state index contributed by atoms with van der Waals surface area (Å²) in [5.74, 6) is 0. The van der Waals surface area contributed by atoms with Crippen LogP contribution in [0.25, 0.3) is 32.4 Å². The zero-order valence-corrected chi connectivity index (χ0v) is 14.8. The molecule has 0 fully saturated rings. The molecule has 3 nitrogen and oxygen atoms in total. The lowest BCUT2D eigenvalue weighted by atomic mass is 9.95. The van der Waals surface area contributed by atoms with Crippen LogP contribution in [0.15, 0.2) is 35.2 Å². The van der Waals surface area contributed by atoms with Crippen LogP contribution in [0.4, 0.5) is 0 Å². The molecule has 3 aromatic heterocycles. The first-order valence-corrected chi connectivity index (χ1v) is 9.44. The van der Waals surface area contributed by atoms with Gasteiger partial charge in [0, 0.05) is 37.4 Å². The van der Waals surface area contributed by atoms with E-state index < -0.39 is 0 Å². The minimum absolute atomic E-state index is 1.07. The van der Waals surface area contributed by atoms with Gasteiger partial charge < -0.3 is 4.98 Å². The molecule has 0 aliphatic heterocycles. The van der Waals surface area contributed by atoms with Crippen molar-refractivity contribution in [2.24, 2.45) is 0 Å². The number of nitrogens with one attached hydrogen (secondary N) is 1. The molecule has 23 heavy (non-hydrogen) atoms. The first-order chi connectivity index (χ1) is 11.3. The van der Waals surface area contributed by atoms with Crippen molar-refractivity contribution >= 4 is 48.4 Å². The van der Waals surface area contributed by atoms with Gasteiger partial charge in [0.25, 0.3) is 0 Å². The molecule has 0 saturated carbocycles. The lowest BCUT2D eigenvalue weighted by Gasteiger charge is -2.11. The van der Waals surface area contributed by atoms with Crippen LogP contribution in [0.5, 0.6) is 0 Å². The minimum atomic E-state index is 1.07. The summed E-state index contributed by atoms with van der Waals surface area (Å²) in [6.07, 6.45) is 8.69. The first kappa shape index (κ1) is 13.7. The van der Waals surface area contributed by atoms with E-state index in [2.05, 4.69) is 55.3 Å². The van der Waals surface area contributed by atoms with Crippen LogP contribution in [0.3, 0.4) is 0 Å². The van der Waals surface area contributed by atoms with Crippen molar-refractivity contribution in [3.8, 4) is 11.3 Å². The number of nitrogens with zero attached hydrogens (tertiary/aromatic N) is 2. The zero-order valence-electron chi connectivity index (χ0n) is 12.4. The fourth-order valence-electron chi connectivity index (χ4n) is 3.58. The second-order valence-corrected chi connectivity index (χ2v) is 8.00. The molecule has 1 aliphatic carbocycles. The molecule has 0 spiro atoms. The molecular weight excluding hydrogens is 370 g/mol. The maximum atomic E-state index is 4.67. The summed E-state index contributed by atoms with van der Waals surface area (Å²) >= 11 is 5.43. The van der Waals surface area contributed by atoms with Crippen LogP contribution < -0.4 is 0 Å². The van der Waals surface area contributed by atoms with Gasteiger partial charge in [-0.25, -0.2) is 9.97 Å². The Kier molecular flexibility index (Phi) is 3.06. The highest BCUT2D eigenvalue weighted by Gasteiger charge is 2.21. The van der Waals surface area contributed by atoms with E-state index in [1.807, 2.05) is 11.3 Å². The summed E-state index contributed by atoms with van der Waals surface area (Å²) in [6, 6.07) is 6.32. The van der Waals surface area contributed by atoms with Gasteiger partial charge in [-0.15, -0.1) is 11.3 Å². The van der Waals surface area contributed by atoms with Gasteiger partial charge in [0.2, 0.25) is 0 Å². The Labute approximate surface area is 145 Å². The van der Waals surface area contributed by atoms with E-state index in [0.717, 1.165) is 26.9 Å². The van der Waals surface area contributed by atoms with Crippen molar-refractivity contribution in [3.05, 3.63) is 45.6 Å². The Hall–Kier alpha value is -1.72. The fraction of sp³-hybridized carbons (Fsp3) is 0.222. The third-order valence-corrected chi connectivity index (χ3v) is 6.34. The van der Waals surface area contributed by atoms with E-state index in [1.165, 1.54) is 46.0 Å². The molecular formula is C18H14BrN3S. The predicted molar refractivity (Wildman–Crippen MR) is 99.0 cm³/mol. The number of hydrogen-bond donors (Lipinski definition) is 1. The summed E-state index contributed by atoms with van der Waals surface area (Å²) in [5.41, 5.74) is 4.86. The molecule has 0 amide bonds. The molecule has 0 unspecified atom stereocenters. The van der Waals surface area contributed by atoms with E-state index in [0.29, 0.717) is 0 Å². The summed E-state index contributed by atoms with van der Waals surface area (Å²) in [6.45, 7) is 0. The number of benzene rings is 1. The SMILES string of the molecule is Brc1ccc2[nH]cc(-c3ncnc4sc5c(c34)CCCC5)c2c1. The number of rotatable bonds is 1. The monoisotopic (exact) mass is 383 g/mol. The standard InChI is InChI=1S/C18H14BrN3S/c19-10-5-6-14-12(7-10)13(8-20-14)17-16-11-3-1-2-4-15(11)23-18(16)22-9-21-17/h5-9,20H,1-4H2. The molecule has 0 atom stereocenters. The number of aryl methyl sites for hydroxylation is 2. The highest BCUT2D eigenvalue weighted by Crippen LogP contribution is 2.41. The highest BCUT2D eigenvalue weighted by atomic mass is 79.9. The van der Waals surface area contributed by atoms with Crippen LogP contribution in [0, 0.1) is 0 Å². The van der Waals surface area contributed by atoms with Gasteiger partial charge in [0.15, 0.2) is 0 Å². The Balaban J connectivity index is 1.85. The normalized spacial score (nSPS) is 14.5. The third kappa shape index (κ3) is 2.07. The van der Waals surface area contributed by atoms with E-state index >= 15 is 0 Å². The summed E-state index contributed by atoms with van der Waals surface area (Å²) in [7, 11) is 0. The number of fused-ring (bicyclic) bond motifs is 4. The van der Waals surface area contributed by atoms with Crippen LogP contribution in [0.1, 0.15) is 23.3 Å². The highest BCUT2D eigenvalue weighted by molar-refractivity contribution is 9.10. The quantitative estimate of drug-likeness (QED) is 0.472. The topological polar surface area (TPSA) is 41.6 Å². The van der Waals surface area contributed by atoms with Crippen LogP contribution in [-0.2, 0) is 12.8 Å². The maximum Gasteiger partial charge on any atom is 0.127 e. The van der Waals surface area contributed by atoms with Crippen molar-refractivity contribution in [1.29, 1.82) is 0 Å². The van der Waals surface area contributed by atoms with E-state index in [4.69, 9.17) is 0 Å². The number of halogens is 1. The lowest BCUT2D eigenvalue weighted by molar-refractivity contribution is 0.700. The smallest absolute Gasteiger partial charge is 0.127 e. The average molecular weight is 384 g/mol. The zero-order chi connectivity index (χ0) is 15.4. The van der Waals surface area contributed by atoms with Crippen molar-refractivity contribution in [2.45, 2.75) is 25.7 Å². The maximum absolute atomic E-state index is 4.67. The van der Waals surface area contributed by atoms with Crippen molar-refractivity contribution in [3.63, 3.8) is 0 Å². The second-order valence-electron chi connectivity index (χ2n) is 6.01. The average Bonchev–Trinajstić information content (AvgIpc) is 3.15. The van der Waals surface area contributed by atoms with E-state index in [1.54, 1.807) is 6.33 Å². The van der Waals surface area contributed by atoms with Crippen molar-refractivity contribution in [1.82, 2.24) is 15.0 Å². The Bertz CT molecular complexity index is 1050. The van der Waals surface area contributed by atoms with Gasteiger partial charge in [0.1, 0.15) is 11.2 Å². The summed E-state index contributed by atoms with van der Waals surface area (Å²) in [5, 5.41) is 2.48. The molecule has 5 rings (SSSR count). The third-order valence-electron chi connectivity index (χ3n) is 4.65. The van der Waals surface area contributed by atoms with Gasteiger partial charge in [-0.2, -0.15) is 0 Å². The second kappa shape index (κ2) is 5.14. The number of aromatic nitrogens is 3. The van der Waals surface area contributed by atoms with Crippen LogP contribution in [0.2, 0.25) is 0 Å². The van der Waals surface area contributed by atoms with E-state index in [-0.39, 0.29) is 0 Å². The summed E-state index contributed by atoms with van der Waals surface area (Å²) < 4.78 is 1.09. The predicted octanol–water partition coefficient (Wildman–Crippen LogP) is 5.48. The minimum Gasteiger partial charge on any atom is -0.360 e. The number of thiophene rings is 1. The van der Waals surface area contributed by atoms with Crippen LogP contribution >= 0.6 is 27.3 Å². The van der Waals surface area contributed by atoms with E-state index in [9.17, 15) is 0 Å². The molecule has 0 saturated heterocycles. The number of aromatic amines is 1. The first-order valence-electron chi connectivity index (χ1n) is 7.83. The molecule has 3 heterocycles. The molecule has 5 heteroatoms. The molecule has 0 radical (unpaired) electrons. The Morgan fingerprint density at radius 1 is 1.13 bits per heavy atom. The largest absolute Gasteiger partial charge is 0.360 e. The van der Waals surface area contributed by atoms with Gasteiger partial charge in [-0.05, 0) is 49.4 Å². The molecule has 4 aromatic rings. The van der Waals surface area contributed by atoms with Gasteiger partial charge in [0.05, 0.1) is 5.69 Å². The van der Waals surface area contributed by atoms with Gasteiger partial charge in [-0.1, -0.05) is 15.9 Å². The van der Waals surface area contributed by atoms with Crippen LogP contribution in [-0.4, -0.2) is 15.0 Å². The molecule has 1 N–H and O–H groups in total. The molecule has 1 aromatic carbocycles. The molecule has 1 aliphatic rings. The number of hydrogen-bond acceptors (Lipinski definition) is 3.